The maximum atomic E-state index is 11.7. The summed E-state index contributed by atoms with van der Waals surface area (Å²) in [5, 5.41) is 9.51. The van der Waals surface area contributed by atoms with Gasteiger partial charge in [-0.15, -0.1) is 0 Å². The summed E-state index contributed by atoms with van der Waals surface area (Å²) in [5.41, 5.74) is -0.636. The van der Waals surface area contributed by atoms with Gasteiger partial charge in [0.2, 0.25) is 5.91 Å². The average molecular weight is 212 g/mol. The molecule has 4 heteroatoms. The molecule has 0 aromatic carbocycles. The van der Waals surface area contributed by atoms with E-state index in [0.717, 1.165) is 19.6 Å². The van der Waals surface area contributed by atoms with Crippen molar-refractivity contribution in [2.45, 2.75) is 31.8 Å². The zero-order valence-electron chi connectivity index (χ0n) is 9.41. The van der Waals surface area contributed by atoms with Crippen molar-refractivity contribution in [1.82, 2.24) is 9.80 Å². The van der Waals surface area contributed by atoms with E-state index in [1.165, 1.54) is 12.8 Å². The molecule has 2 saturated heterocycles. The third kappa shape index (κ3) is 2.69. The first-order valence-electron chi connectivity index (χ1n) is 5.79. The van der Waals surface area contributed by atoms with Crippen molar-refractivity contribution in [1.29, 1.82) is 0 Å². The van der Waals surface area contributed by atoms with E-state index < -0.39 is 5.60 Å². The molecule has 0 bridgehead atoms. The molecule has 0 unspecified atom stereocenters. The third-order valence-electron chi connectivity index (χ3n) is 3.26. The Morgan fingerprint density at radius 3 is 2.47 bits per heavy atom. The van der Waals surface area contributed by atoms with Crippen molar-refractivity contribution in [2.75, 3.05) is 32.7 Å². The second-order valence-corrected chi connectivity index (χ2v) is 5.05. The quantitative estimate of drug-likeness (QED) is 0.720. The van der Waals surface area contributed by atoms with Crippen molar-refractivity contribution in [3.05, 3.63) is 0 Å². The Morgan fingerprint density at radius 2 is 1.93 bits per heavy atom. The number of hydrogen-bond acceptors (Lipinski definition) is 3. The largest absolute Gasteiger partial charge is 0.386 e. The van der Waals surface area contributed by atoms with E-state index in [0.29, 0.717) is 19.5 Å². The molecule has 1 amide bonds. The highest BCUT2D eigenvalue weighted by atomic mass is 16.3. The standard InChI is InChI=1S/C11H20N2O2/c1-11(15)8-13(9-11)10(14)4-7-12-5-2-3-6-12/h15H,2-9H2,1H3. The molecule has 1 N–H and O–H groups in total. The molecule has 2 heterocycles. The monoisotopic (exact) mass is 212 g/mol. The second-order valence-electron chi connectivity index (χ2n) is 5.05. The molecule has 2 aliphatic heterocycles. The van der Waals surface area contributed by atoms with Crippen LogP contribution in [0, 0.1) is 0 Å². The van der Waals surface area contributed by atoms with Crippen LogP contribution in [-0.2, 0) is 4.79 Å². The zero-order chi connectivity index (χ0) is 10.9. The molecule has 0 atom stereocenters. The summed E-state index contributed by atoms with van der Waals surface area (Å²) < 4.78 is 0. The number of β-amino-alcohol motifs (C(OH)–C–C–N with tert-alkyl or cyclic N) is 1. The molecule has 2 fully saturated rings. The minimum absolute atomic E-state index is 0.188. The lowest BCUT2D eigenvalue weighted by Crippen LogP contribution is -2.61. The van der Waals surface area contributed by atoms with Gasteiger partial charge < -0.3 is 14.9 Å². The van der Waals surface area contributed by atoms with Crippen LogP contribution < -0.4 is 0 Å². The van der Waals surface area contributed by atoms with E-state index in [1.807, 2.05) is 0 Å². The smallest absolute Gasteiger partial charge is 0.224 e. The number of carbonyl (C=O) groups excluding carboxylic acids is 1. The minimum Gasteiger partial charge on any atom is -0.386 e. The Labute approximate surface area is 90.9 Å². The molecule has 0 spiro atoms. The van der Waals surface area contributed by atoms with Gasteiger partial charge in [0.05, 0.1) is 18.7 Å². The van der Waals surface area contributed by atoms with E-state index in [9.17, 15) is 9.90 Å². The van der Waals surface area contributed by atoms with Crippen molar-refractivity contribution in [3.8, 4) is 0 Å². The fraction of sp³-hybridized carbons (Fsp3) is 0.909. The Kier molecular flexibility index (Phi) is 2.98. The highest BCUT2D eigenvalue weighted by molar-refractivity contribution is 5.77. The Balaban J connectivity index is 1.65. The third-order valence-corrected chi connectivity index (χ3v) is 3.26. The lowest BCUT2D eigenvalue weighted by molar-refractivity contribution is -0.152. The number of likely N-dealkylation sites (tertiary alicyclic amines) is 2. The lowest BCUT2D eigenvalue weighted by atomic mass is 9.96. The van der Waals surface area contributed by atoms with E-state index in [-0.39, 0.29) is 5.91 Å². The van der Waals surface area contributed by atoms with Gasteiger partial charge >= 0.3 is 0 Å². The number of amides is 1. The van der Waals surface area contributed by atoms with E-state index >= 15 is 0 Å². The van der Waals surface area contributed by atoms with Crippen LogP contribution in [0.5, 0.6) is 0 Å². The molecule has 0 saturated carbocycles. The number of nitrogens with zero attached hydrogens (tertiary/aromatic N) is 2. The van der Waals surface area contributed by atoms with E-state index in [1.54, 1.807) is 11.8 Å². The van der Waals surface area contributed by atoms with Crippen molar-refractivity contribution in [3.63, 3.8) is 0 Å². The van der Waals surface area contributed by atoms with Gasteiger partial charge in [-0.1, -0.05) is 0 Å². The molecule has 0 aliphatic carbocycles. The maximum Gasteiger partial charge on any atom is 0.224 e. The van der Waals surface area contributed by atoms with Gasteiger partial charge in [0.25, 0.3) is 0 Å². The molecule has 15 heavy (non-hydrogen) atoms. The summed E-state index contributed by atoms with van der Waals surface area (Å²) in [6.07, 6.45) is 3.15. The van der Waals surface area contributed by atoms with E-state index in [2.05, 4.69) is 4.90 Å². The number of hydrogen-bond donors (Lipinski definition) is 1. The first-order chi connectivity index (χ1) is 7.07. The Bertz CT molecular complexity index is 239. The summed E-state index contributed by atoms with van der Waals surface area (Å²) in [7, 11) is 0. The molecular formula is C11H20N2O2. The van der Waals surface area contributed by atoms with Gasteiger partial charge in [0.15, 0.2) is 0 Å². The van der Waals surface area contributed by atoms with Crippen LogP contribution in [0.2, 0.25) is 0 Å². The van der Waals surface area contributed by atoms with Gasteiger partial charge in [-0.3, -0.25) is 4.79 Å². The fourth-order valence-corrected chi connectivity index (χ4v) is 2.37. The van der Waals surface area contributed by atoms with Crippen molar-refractivity contribution < 1.29 is 9.90 Å². The maximum absolute atomic E-state index is 11.7. The molecular weight excluding hydrogens is 192 g/mol. The predicted molar refractivity (Wildman–Crippen MR) is 57.5 cm³/mol. The molecule has 2 aliphatic rings. The molecule has 0 radical (unpaired) electrons. The topological polar surface area (TPSA) is 43.8 Å². The minimum atomic E-state index is -0.636. The van der Waals surface area contributed by atoms with Crippen LogP contribution >= 0.6 is 0 Å². The van der Waals surface area contributed by atoms with Gasteiger partial charge in [-0.05, 0) is 32.9 Å². The number of carbonyl (C=O) groups is 1. The molecule has 0 aromatic heterocycles. The molecule has 4 nitrogen and oxygen atoms in total. The Morgan fingerprint density at radius 1 is 1.33 bits per heavy atom. The molecule has 0 aromatic rings. The SMILES string of the molecule is CC1(O)CN(C(=O)CCN2CCCC2)C1. The van der Waals surface area contributed by atoms with Gasteiger partial charge in [-0.2, -0.15) is 0 Å². The summed E-state index contributed by atoms with van der Waals surface area (Å²) in [5.74, 6) is 0.188. The number of rotatable bonds is 3. The summed E-state index contributed by atoms with van der Waals surface area (Å²) in [6, 6.07) is 0. The summed E-state index contributed by atoms with van der Waals surface area (Å²) >= 11 is 0. The fourth-order valence-electron chi connectivity index (χ4n) is 2.37. The molecule has 2 rings (SSSR count). The first-order valence-corrected chi connectivity index (χ1v) is 5.79. The van der Waals surface area contributed by atoms with Crippen LogP contribution in [0.1, 0.15) is 26.2 Å². The lowest BCUT2D eigenvalue weighted by Gasteiger charge is -2.44. The zero-order valence-corrected chi connectivity index (χ0v) is 9.41. The summed E-state index contributed by atoms with van der Waals surface area (Å²) in [4.78, 5) is 15.7. The first kappa shape index (κ1) is 10.9. The van der Waals surface area contributed by atoms with Crippen LogP contribution in [-0.4, -0.2) is 59.1 Å². The highest BCUT2D eigenvalue weighted by Gasteiger charge is 2.38. The number of aliphatic hydroxyl groups is 1. The van der Waals surface area contributed by atoms with Crippen molar-refractivity contribution in [2.24, 2.45) is 0 Å². The summed E-state index contributed by atoms with van der Waals surface area (Å²) in [6.45, 7) is 5.96. The highest BCUT2D eigenvalue weighted by Crippen LogP contribution is 2.20. The van der Waals surface area contributed by atoms with E-state index in [4.69, 9.17) is 0 Å². The van der Waals surface area contributed by atoms with Crippen molar-refractivity contribution >= 4 is 5.91 Å². The van der Waals surface area contributed by atoms with Gasteiger partial charge in [-0.25, -0.2) is 0 Å². The van der Waals surface area contributed by atoms with Gasteiger partial charge in [0.1, 0.15) is 0 Å². The van der Waals surface area contributed by atoms with Crippen LogP contribution in [0.25, 0.3) is 0 Å². The van der Waals surface area contributed by atoms with Crippen LogP contribution in [0.3, 0.4) is 0 Å². The predicted octanol–water partition coefficient (Wildman–Crippen LogP) is 0.0655. The van der Waals surface area contributed by atoms with Crippen LogP contribution in [0.4, 0.5) is 0 Å². The normalized spacial score (nSPS) is 25.3. The van der Waals surface area contributed by atoms with Gasteiger partial charge in [0, 0.05) is 13.0 Å². The second kappa shape index (κ2) is 4.10. The average Bonchev–Trinajstić information content (AvgIpc) is 2.62. The molecule has 86 valence electrons. The van der Waals surface area contributed by atoms with Crippen LogP contribution in [0.15, 0.2) is 0 Å². The Hall–Kier alpha value is -0.610.